The van der Waals surface area contributed by atoms with Crippen molar-refractivity contribution in [1.82, 2.24) is 5.32 Å². The number of esters is 1. The van der Waals surface area contributed by atoms with Gasteiger partial charge >= 0.3 is 5.97 Å². The summed E-state index contributed by atoms with van der Waals surface area (Å²) in [6.45, 7) is 3.67. The van der Waals surface area contributed by atoms with E-state index in [1.54, 1.807) is 0 Å². The van der Waals surface area contributed by atoms with Crippen LogP contribution in [0, 0.1) is 5.82 Å². The van der Waals surface area contributed by atoms with Crippen molar-refractivity contribution in [2.45, 2.75) is 32.3 Å². The summed E-state index contributed by atoms with van der Waals surface area (Å²) in [7, 11) is 0. The van der Waals surface area contributed by atoms with Crippen LogP contribution in [-0.4, -0.2) is 31.1 Å². The minimum absolute atomic E-state index is 0.194. The summed E-state index contributed by atoms with van der Waals surface area (Å²) in [5, 5.41) is 2.82. The Morgan fingerprint density at radius 1 is 1.07 bits per heavy atom. The number of rotatable bonds is 9. The topological polar surface area (TPSA) is 64.6 Å². The number of hydrogen-bond donors (Lipinski definition) is 1. The minimum Gasteiger partial charge on any atom is -0.482 e. The summed E-state index contributed by atoms with van der Waals surface area (Å²) < 4.78 is 23.1. The Hall–Kier alpha value is -2.89. The molecule has 1 amide bonds. The predicted molar refractivity (Wildman–Crippen MR) is 99.9 cm³/mol. The number of ether oxygens (including phenoxy) is 2. The Labute approximate surface area is 158 Å². The van der Waals surface area contributed by atoms with Gasteiger partial charge in [0.15, 0.2) is 12.7 Å². The van der Waals surface area contributed by atoms with Crippen LogP contribution in [0.25, 0.3) is 0 Å². The molecule has 0 fully saturated rings. The predicted octanol–water partition coefficient (Wildman–Crippen LogP) is 3.45. The van der Waals surface area contributed by atoms with E-state index in [1.165, 1.54) is 31.2 Å². The molecule has 0 unspecified atom stereocenters. The van der Waals surface area contributed by atoms with E-state index in [9.17, 15) is 14.0 Å². The molecule has 0 aromatic heterocycles. The van der Waals surface area contributed by atoms with Crippen molar-refractivity contribution in [2.24, 2.45) is 0 Å². The van der Waals surface area contributed by atoms with Crippen LogP contribution in [0.2, 0.25) is 0 Å². The Morgan fingerprint density at radius 3 is 2.37 bits per heavy atom. The van der Waals surface area contributed by atoms with Crippen LogP contribution in [0.4, 0.5) is 4.39 Å². The molecule has 0 aliphatic carbocycles. The smallest absolute Gasteiger partial charge is 0.344 e. The van der Waals surface area contributed by atoms with Gasteiger partial charge in [0.1, 0.15) is 11.6 Å². The fourth-order valence-electron chi connectivity index (χ4n) is 2.55. The van der Waals surface area contributed by atoms with Gasteiger partial charge in [-0.05, 0) is 43.2 Å². The first-order valence-electron chi connectivity index (χ1n) is 8.90. The molecular weight excluding hydrogens is 349 g/mol. The lowest BCUT2D eigenvalue weighted by molar-refractivity contribution is -0.156. The van der Waals surface area contributed by atoms with E-state index in [0.717, 1.165) is 12.0 Å². The van der Waals surface area contributed by atoms with Crippen LogP contribution in [-0.2, 0) is 14.3 Å². The van der Waals surface area contributed by atoms with Crippen molar-refractivity contribution in [1.29, 1.82) is 0 Å². The number of benzene rings is 2. The highest BCUT2D eigenvalue weighted by atomic mass is 19.1. The molecule has 0 aliphatic rings. The molecule has 144 valence electrons. The molecule has 0 saturated carbocycles. The highest BCUT2D eigenvalue weighted by Gasteiger charge is 2.19. The van der Waals surface area contributed by atoms with E-state index in [0.29, 0.717) is 12.3 Å². The average Bonchev–Trinajstić information content (AvgIpc) is 2.68. The summed E-state index contributed by atoms with van der Waals surface area (Å²) in [6, 6.07) is 15.2. The maximum absolute atomic E-state index is 12.8. The van der Waals surface area contributed by atoms with Gasteiger partial charge in [0.05, 0.1) is 0 Å². The van der Waals surface area contributed by atoms with Crippen molar-refractivity contribution >= 4 is 11.9 Å². The van der Waals surface area contributed by atoms with Crippen molar-refractivity contribution in [2.75, 3.05) is 13.2 Å². The monoisotopic (exact) mass is 373 g/mol. The van der Waals surface area contributed by atoms with Crippen LogP contribution < -0.4 is 10.1 Å². The van der Waals surface area contributed by atoms with Gasteiger partial charge in [0.2, 0.25) is 0 Å². The molecule has 0 spiro atoms. The zero-order valence-electron chi connectivity index (χ0n) is 15.5. The summed E-state index contributed by atoms with van der Waals surface area (Å²) in [5.41, 5.74) is 1.15. The second kappa shape index (κ2) is 10.3. The number of amides is 1. The third-order valence-electron chi connectivity index (χ3n) is 4.13. The number of hydrogen-bond acceptors (Lipinski definition) is 4. The molecular formula is C21H24FNO4. The van der Waals surface area contributed by atoms with Crippen molar-refractivity contribution < 1.29 is 23.5 Å². The van der Waals surface area contributed by atoms with E-state index in [4.69, 9.17) is 9.47 Å². The van der Waals surface area contributed by atoms with Gasteiger partial charge in [-0.25, -0.2) is 9.18 Å². The molecule has 2 rings (SSSR count). The summed E-state index contributed by atoms with van der Waals surface area (Å²) in [6.07, 6.45) is -0.0492. The molecule has 2 aromatic rings. The van der Waals surface area contributed by atoms with E-state index >= 15 is 0 Å². The zero-order valence-corrected chi connectivity index (χ0v) is 15.5. The van der Waals surface area contributed by atoms with Gasteiger partial charge < -0.3 is 14.8 Å². The van der Waals surface area contributed by atoms with Crippen molar-refractivity contribution in [3.05, 3.63) is 66.0 Å². The van der Waals surface area contributed by atoms with Crippen LogP contribution in [0.3, 0.4) is 0 Å². The Bertz CT molecular complexity index is 734. The van der Waals surface area contributed by atoms with Crippen molar-refractivity contribution in [3.63, 3.8) is 0 Å². The minimum atomic E-state index is -0.928. The summed E-state index contributed by atoms with van der Waals surface area (Å²) in [5.74, 6) is -0.883. The summed E-state index contributed by atoms with van der Waals surface area (Å²) in [4.78, 5) is 24.0. The second-order valence-electron chi connectivity index (χ2n) is 6.14. The lowest BCUT2D eigenvalue weighted by Crippen LogP contribution is -2.38. The average molecular weight is 373 g/mol. The van der Waals surface area contributed by atoms with Gasteiger partial charge in [-0.15, -0.1) is 0 Å². The number of carbonyl (C=O) groups is 2. The van der Waals surface area contributed by atoms with E-state index in [2.05, 4.69) is 12.2 Å². The Balaban J connectivity index is 1.75. The SMILES string of the molecule is CC[C@H](CNC(=O)[C@@H](C)OC(=O)COc1ccc(F)cc1)c1ccccc1. The van der Waals surface area contributed by atoms with Crippen LogP contribution >= 0.6 is 0 Å². The number of nitrogens with one attached hydrogen (secondary N) is 1. The molecule has 0 heterocycles. The van der Waals surface area contributed by atoms with Crippen LogP contribution in [0.15, 0.2) is 54.6 Å². The first-order chi connectivity index (χ1) is 13.0. The fourth-order valence-corrected chi connectivity index (χ4v) is 2.55. The van der Waals surface area contributed by atoms with Gasteiger partial charge in [0.25, 0.3) is 5.91 Å². The molecule has 0 aliphatic heterocycles. The Kier molecular flexibility index (Phi) is 7.79. The first-order valence-corrected chi connectivity index (χ1v) is 8.90. The normalized spacial score (nSPS) is 12.7. The standard InChI is InChI=1S/C21H24FNO4/c1-3-16(17-7-5-4-6-8-17)13-23-21(25)15(2)27-20(24)14-26-19-11-9-18(22)10-12-19/h4-12,15-16H,3,13-14H2,1-2H3,(H,23,25)/t15-,16-/m1/s1. The quantitative estimate of drug-likeness (QED) is 0.684. The molecule has 0 radical (unpaired) electrons. The van der Waals surface area contributed by atoms with Crippen LogP contribution in [0.1, 0.15) is 31.7 Å². The molecule has 1 N–H and O–H groups in total. The van der Waals surface area contributed by atoms with Crippen molar-refractivity contribution in [3.8, 4) is 5.75 Å². The maximum Gasteiger partial charge on any atom is 0.344 e. The van der Waals surface area contributed by atoms with Gasteiger partial charge in [-0.1, -0.05) is 37.3 Å². The van der Waals surface area contributed by atoms with Gasteiger partial charge in [0, 0.05) is 12.5 Å². The molecule has 2 aromatic carbocycles. The Morgan fingerprint density at radius 2 is 1.74 bits per heavy atom. The molecule has 0 saturated heterocycles. The lowest BCUT2D eigenvalue weighted by Gasteiger charge is -2.18. The van der Waals surface area contributed by atoms with E-state index < -0.39 is 17.9 Å². The molecule has 6 heteroatoms. The molecule has 0 bridgehead atoms. The first kappa shape index (κ1) is 20.4. The molecule has 2 atom stereocenters. The van der Waals surface area contributed by atoms with Crippen LogP contribution in [0.5, 0.6) is 5.75 Å². The maximum atomic E-state index is 12.8. The van der Waals surface area contributed by atoms with E-state index in [1.807, 2.05) is 30.3 Å². The van der Waals surface area contributed by atoms with Gasteiger partial charge in [-0.3, -0.25) is 4.79 Å². The number of carbonyl (C=O) groups excluding carboxylic acids is 2. The highest BCUT2D eigenvalue weighted by molar-refractivity contribution is 5.83. The zero-order chi connectivity index (χ0) is 19.6. The molecule has 5 nitrogen and oxygen atoms in total. The third-order valence-corrected chi connectivity index (χ3v) is 4.13. The molecule has 27 heavy (non-hydrogen) atoms. The second-order valence-corrected chi connectivity index (χ2v) is 6.14. The third kappa shape index (κ3) is 6.73. The fraction of sp³-hybridized carbons (Fsp3) is 0.333. The highest BCUT2D eigenvalue weighted by Crippen LogP contribution is 2.18. The largest absolute Gasteiger partial charge is 0.482 e. The summed E-state index contributed by atoms with van der Waals surface area (Å²) >= 11 is 0. The lowest BCUT2D eigenvalue weighted by atomic mass is 9.96. The van der Waals surface area contributed by atoms with E-state index in [-0.39, 0.29) is 18.4 Å². The van der Waals surface area contributed by atoms with Gasteiger partial charge in [-0.2, -0.15) is 0 Å². The number of halogens is 1.